The molecule has 2 aromatic rings. The minimum atomic E-state index is -0.409. The normalized spacial score (nSPS) is 10.7. The topological polar surface area (TPSA) is 72.0 Å². The molecule has 0 aliphatic rings. The largest absolute Gasteiger partial charge is 0.458 e. The highest BCUT2D eigenvalue weighted by atomic mass is 79.9. The zero-order chi connectivity index (χ0) is 14.0. The van der Waals surface area contributed by atoms with E-state index in [0.29, 0.717) is 22.1 Å². The second kappa shape index (κ2) is 5.52. The van der Waals surface area contributed by atoms with E-state index in [-0.39, 0.29) is 12.2 Å². The van der Waals surface area contributed by atoms with Crippen molar-refractivity contribution in [1.29, 1.82) is 0 Å². The minimum absolute atomic E-state index is 0.0280. The number of hydrogen-bond donors (Lipinski definition) is 1. The van der Waals surface area contributed by atoms with Crippen molar-refractivity contribution in [1.82, 2.24) is 9.97 Å². The van der Waals surface area contributed by atoms with Gasteiger partial charge in [-0.25, -0.2) is 4.98 Å². The van der Waals surface area contributed by atoms with Crippen LogP contribution in [0.3, 0.4) is 0 Å². The van der Waals surface area contributed by atoms with Gasteiger partial charge in [-0.05, 0) is 30.2 Å². The number of ether oxygens (including phenoxy) is 1. The number of nitrogens with zero attached hydrogens (tertiary/aromatic N) is 1. The first-order valence-electron chi connectivity index (χ1n) is 5.73. The summed E-state index contributed by atoms with van der Waals surface area (Å²) in [6.45, 7) is 3.25. The van der Waals surface area contributed by atoms with Crippen LogP contribution in [0.2, 0.25) is 0 Å². The van der Waals surface area contributed by atoms with E-state index in [4.69, 9.17) is 4.74 Å². The number of hydrogen-bond acceptors (Lipinski definition) is 4. The van der Waals surface area contributed by atoms with Crippen LogP contribution >= 0.6 is 15.9 Å². The number of aryl methyl sites for hydroxylation is 1. The maximum atomic E-state index is 12.0. The van der Waals surface area contributed by atoms with Crippen molar-refractivity contribution in [3.05, 3.63) is 39.4 Å². The summed E-state index contributed by atoms with van der Waals surface area (Å²) >= 11 is 3.38. The standard InChI is InChI=1S/C13H13BrN2O3/c1-7-3-11-10(4-9(7)5-14)13(18)16-12(15-11)6-19-8(2)17/h3-4H,5-6H2,1-2H3,(H,15,16,18). The fourth-order valence-corrected chi connectivity index (χ4v) is 2.37. The van der Waals surface area contributed by atoms with Crippen LogP contribution in [-0.4, -0.2) is 15.9 Å². The fraction of sp³-hybridized carbons (Fsp3) is 0.308. The first-order valence-corrected chi connectivity index (χ1v) is 6.85. The van der Waals surface area contributed by atoms with Crippen LogP contribution in [0, 0.1) is 6.92 Å². The number of carbonyl (C=O) groups is 1. The number of aromatic amines is 1. The van der Waals surface area contributed by atoms with E-state index in [1.54, 1.807) is 0 Å². The summed E-state index contributed by atoms with van der Waals surface area (Å²) in [4.78, 5) is 29.6. The lowest BCUT2D eigenvalue weighted by Gasteiger charge is -2.06. The van der Waals surface area contributed by atoms with Crippen molar-refractivity contribution < 1.29 is 9.53 Å². The van der Waals surface area contributed by atoms with E-state index < -0.39 is 5.97 Å². The molecule has 5 nitrogen and oxygen atoms in total. The van der Waals surface area contributed by atoms with Crippen LogP contribution in [-0.2, 0) is 21.5 Å². The lowest BCUT2D eigenvalue weighted by molar-refractivity contribution is -0.142. The molecule has 0 bridgehead atoms. The number of fused-ring (bicyclic) bond motifs is 1. The van der Waals surface area contributed by atoms with Crippen molar-refractivity contribution in [3.8, 4) is 0 Å². The molecule has 0 unspecified atom stereocenters. The maximum absolute atomic E-state index is 12.0. The smallest absolute Gasteiger partial charge is 0.303 e. The van der Waals surface area contributed by atoms with Crippen LogP contribution in [0.4, 0.5) is 0 Å². The van der Waals surface area contributed by atoms with E-state index in [2.05, 4.69) is 25.9 Å². The van der Waals surface area contributed by atoms with Gasteiger partial charge in [-0.15, -0.1) is 0 Å². The van der Waals surface area contributed by atoms with E-state index in [9.17, 15) is 9.59 Å². The number of esters is 1. The molecule has 0 spiro atoms. The van der Waals surface area contributed by atoms with Crippen LogP contribution in [0.25, 0.3) is 10.9 Å². The molecule has 0 radical (unpaired) electrons. The predicted molar refractivity (Wildman–Crippen MR) is 75.2 cm³/mol. The van der Waals surface area contributed by atoms with Gasteiger partial charge in [-0.2, -0.15) is 0 Å². The fourth-order valence-electron chi connectivity index (χ4n) is 1.77. The Labute approximate surface area is 118 Å². The van der Waals surface area contributed by atoms with Gasteiger partial charge in [0.25, 0.3) is 5.56 Å². The third-order valence-electron chi connectivity index (χ3n) is 2.77. The zero-order valence-corrected chi connectivity index (χ0v) is 12.2. The molecular weight excluding hydrogens is 312 g/mol. The molecule has 1 aromatic heterocycles. The molecule has 0 atom stereocenters. The summed E-state index contributed by atoms with van der Waals surface area (Å²) < 4.78 is 4.83. The summed E-state index contributed by atoms with van der Waals surface area (Å²) in [7, 11) is 0. The average Bonchev–Trinajstić information content (AvgIpc) is 2.35. The third-order valence-corrected chi connectivity index (χ3v) is 3.37. The summed E-state index contributed by atoms with van der Waals surface area (Å²) in [5.41, 5.74) is 2.48. The van der Waals surface area contributed by atoms with Crippen molar-refractivity contribution in [2.75, 3.05) is 0 Å². The minimum Gasteiger partial charge on any atom is -0.458 e. The van der Waals surface area contributed by atoms with Gasteiger partial charge < -0.3 is 9.72 Å². The molecule has 19 heavy (non-hydrogen) atoms. The summed E-state index contributed by atoms with van der Waals surface area (Å²) in [6.07, 6.45) is 0. The number of rotatable bonds is 3. The molecule has 0 saturated carbocycles. The van der Waals surface area contributed by atoms with Crippen molar-refractivity contribution in [2.24, 2.45) is 0 Å². The number of aromatic nitrogens is 2. The van der Waals surface area contributed by atoms with Gasteiger partial charge in [0.1, 0.15) is 12.4 Å². The Morgan fingerprint density at radius 1 is 1.47 bits per heavy atom. The zero-order valence-electron chi connectivity index (χ0n) is 10.6. The van der Waals surface area contributed by atoms with E-state index >= 15 is 0 Å². The van der Waals surface area contributed by atoms with E-state index in [1.165, 1.54) is 6.92 Å². The molecule has 1 heterocycles. The Hall–Kier alpha value is -1.69. The van der Waals surface area contributed by atoms with Gasteiger partial charge in [-0.3, -0.25) is 9.59 Å². The van der Waals surface area contributed by atoms with Gasteiger partial charge in [-0.1, -0.05) is 15.9 Å². The molecule has 0 amide bonds. The molecule has 0 saturated heterocycles. The second-order valence-electron chi connectivity index (χ2n) is 4.22. The van der Waals surface area contributed by atoms with Gasteiger partial charge in [0.05, 0.1) is 10.9 Å². The van der Waals surface area contributed by atoms with Crippen LogP contribution in [0.1, 0.15) is 23.9 Å². The Morgan fingerprint density at radius 3 is 2.84 bits per heavy atom. The number of nitrogens with one attached hydrogen (secondary N) is 1. The Bertz CT molecular complexity index is 694. The SMILES string of the molecule is CC(=O)OCc1nc2cc(C)c(CBr)cc2c(=O)[nH]1. The highest BCUT2D eigenvalue weighted by molar-refractivity contribution is 9.08. The predicted octanol–water partition coefficient (Wildman–Crippen LogP) is 2.19. The van der Waals surface area contributed by atoms with E-state index in [1.807, 2.05) is 19.1 Å². The number of H-pyrrole nitrogens is 1. The summed E-state index contributed by atoms with van der Waals surface area (Å²) in [5.74, 6) is -0.0627. The molecule has 6 heteroatoms. The van der Waals surface area contributed by atoms with Crippen LogP contribution in [0.5, 0.6) is 0 Å². The van der Waals surface area contributed by atoms with Gasteiger partial charge in [0.2, 0.25) is 0 Å². The molecule has 0 aliphatic heterocycles. The monoisotopic (exact) mass is 324 g/mol. The highest BCUT2D eigenvalue weighted by Gasteiger charge is 2.08. The van der Waals surface area contributed by atoms with Crippen molar-refractivity contribution >= 4 is 32.8 Å². The first kappa shape index (κ1) is 13.7. The summed E-state index contributed by atoms with van der Waals surface area (Å²) in [6, 6.07) is 3.68. The van der Waals surface area contributed by atoms with Crippen LogP contribution in [0.15, 0.2) is 16.9 Å². The van der Waals surface area contributed by atoms with Crippen LogP contribution < -0.4 is 5.56 Å². The average molecular weight is 325 g/mol. The molecule has 0 fully saturated rings. The molecule has 100 valence electrons. The van der Waals surface area contributed by atoms with Crippen molar-refractivity contribution in [3.63, 3.8) is 0 Å². The Morgan fingerprint density at radius 2 is 2.21 bits per heavy atom. The highest BCUT2D eigenvalue weighted by Crippen LogP contribution is 2.18. The number of alkyl halides is 1. The van der Waals surface area contributed by atoms with Gasteiger partial charge in [0.15, 0.2) is 0 Å². The van der Waals surface area contributed by atoms with Gasteiger partial charge >= 0.3 is 5.97 Å². The molecule has 0 aliphatic carbocycles. The first-order chi connectivity index (χ1) is 9.01. The number of carbonyl (C=O) groups excluding carboxylic acids is 1. The van der Waals surface area contributed by atoms with E-state index in [0.717, 1.165) is 11.1 Å². The number of benzene rings is 1. The quantitative estimate of drug-likeness (QED) is 0.694. The molecule has 1 aromatic carbocycles. The lowest BCUT2D eigenvalue weighted by atomic mass is 10.1. The van der Waals surface area contributed by atoms with Gasteiger partial charge in [0, 0.05) is 12.3 Å². The van der Waals surface area contributed by atoms with Crippen molar-refractivity contribution in [2.45, 2.75) is 25.8 Å². The molecule has 2 rings (SSSR count). The maximum Gasteiger partial charge on any atom is 0.303 e. The molecular formula is C13H13BrN2O3. The Balaban J connectivity index is 2.51. The number of halogens is 1. The third kappa shape index (κ3) is 3.01. The lowest BCUT2D eigenvalue weighted by Crippen LogP contribution is -2.14. The molecule has 1 N–H and O–H groups in total. The Kier molecular flexibility index (Phi) is 3.99. The second-order valence-corrected chi connectivity index (χ2v) is 4.78. The summed E-state index contributed by atoms with van der Waals surface area (Å²) in [5, 5.41) is 1.22.